The quantitative estimate of drug-likeness (QED) is 0.661. The largest absolute Gasteiger partial charge is 0.300 e. The van der Waals surface area contributed by atoms with Gasteiger partial charge in [-0.1, -0.05) is 37.6 Å². The highest BCUT2D eigenvalue weighted by Crippen LogP contribution is 2.65. The minimum atomic E-state index is 0.178. The SMILES string of the molecule is CC12CCC3C(CCC4CC(=O)CCC43C)C1=CC=C2c1cccnc1. The van der Waals surface area contributed by atoms with Crippen LogP contribution in [0.5, 0.6) is 0 Å². The molecule has 1 aromatic heterocycles. The van der Waals surface area contributed by atoms with Crippen molar-refractivity contribution in [2.75, 3.05) is 0 Å². The molecule has 26 heavy (non-hydrogen) atoms. The molecule has 0 saturated heterocycles. The van der Waals surface area contributed by atoms with Crippen LogP contribution in [0.4, 0.5) is 0 Å². The first-order valence-electron chi connectivity index (χ1n) is 10.4. The normalized spacial score (nSPS) is 41.6. The summed E-state index contributed by atoms with van der Waals surface area (Å²) >= 11 is 0. The van der Waals surface area contributed by atoms with Crippen LogP contribution >= 0.6 is 0 Å². The molecule has 0 aliphatic heterocycles. The van der Waals surface area contributed by atoms with Crippen LogP contribution in [0, 0.1) is 28.6 Å². The fourth-order valence-corrected chi connectivity index (χ4v) is 6.98. The number of nitrogens with zero attached hydrogens (tertiary/aromatic N) is 1. The van der Waals surface area contributed by atoms with Crippen molar-refractivity contribution < 1.29 is 4.79 Å². The van der Waals surface area contributed by atoms with Crippen LogP contribution in [-0.2, 0) is 4.79 Å². The van der Waals surface area contributed by atoms with Crippen LogP contribution in [0.15, 0.2) is 42.3 Å². The number of ketones is 1. The molecule has 136 valence electrons. The van der Waals surface area contributed by atoms with E-state index in [0.29, 0.717) is 23.0 Å². The van der Waals surface area contributed by atoms with Crippen molar-refractivity contribution in [3.63, 3.8) is 0 Å². The van der Waals surface area contributed by atoms with Crippen molar-refractivity contribution in [2.24, 2.45) is 28.6 Å². The predicted molar refractivity (Wildman–Crippen MR) is 104 cm³/mol. The molecule has 0 bridgehead atoms. The molecule has 5 rings (SSSR count). The zero-order chi connectivity index (χ0) is 17.9. The molecule has 4 aliphatic carbocycles. The van der Waals surface area contributed by atoms with Gasteiger partial charge in [0.1, 0.15) is 5.78 Å². The molecule has 2 heteroatoms. The maximum Gasteiger partial charge on any atom is 0.133 e. The van der Waals surface area contributed by atoms with Gasteiger partial charge in [-0.3, -0.25) is 9.78 Å². The second kappa shape index (κ2) is 5.65. The smallest absolute Gasteiger partial charge is 0.133 e. The lowest BCUT2D eigenvalue weighted by atomic mass is 9.46. The molecule has 0 radical (unpaired) electrons. The summed E-state index contributed by atoms with van der Waals surface area (Å²) in [6, 6.07) is 4.26. The standard InChI is InChI=1S/C24H29NO/c1-23-11-9-18(26)14-17(23)5-6-19-21-8-7-20(16-4-3-13-25-15-16)24(21,2)12-10-22(19)23/h3-4,7-8,13,15,17,19,22H,5-6,9-12,14H2,1-2H3. The number of Topliss-reactive ketones (excluding diaryl/α,β-unsaturated/α-hetero) is 1. The van der Waals surface area contributed by atoms with Gasteiger partial charge < -0.3 is 0 Å². The number of hydrogen-bond donors (Lipinski definition) is 0. The van der Waals surface area contributed by atoms with Crippen molar-refractivity contribution >= 4 is 11.4 Å². The van der Waals surface area contributed by atoms with E-state index in [9.17, 15) is 4.79 Å². The van der Waals surface area contributed by atoms with Crippen molar-refractivity contribution in [3.8, 4) is 0 Å². The van der Waals surface area contributed by atoms with Crippen LogP contribution in [0.1, 0.15) is 64.4 Å². The van der Waals surface area contributed by atoms with Gasteiger partial charge in [0, 0.05) is 30.7 Å². The number of carbonyl (C=O) groups excluding carboxylic acids is 1. The number of allylic oxidation sites excluding steroid dienone is 4. The van der Waals surface area contributed by atoms with E-state index in [1.165, 1.54) is 36.8 Å². The molecule has 0 N–H and O–H groups in total. The minimum absolute atomic E-state index is 0.178. The Labute approximate surface area is 156 Å². The number of aromatic nitrogens is 1. The van der Waals surface area contributed by atoms with Crippen LogP contribution in [0.3, 0.4) is 0 Å². The number of pyridine rings is 1. The van der Waals surface area contributed by atoms with Gasteiger partial charge in [0.25, 0.3) is 0 Å². The lowest BCUT2D eigenvalue weighted by Gasteiger charge is -2.58. The highest BCUT2D eigenvalue weighted by Gasteiger charge is 2.56. The zero-order valence-corrected chi connectivity index (χ0v) is 16.0. The fraction of sp³-hybridized carbons (Fsp3) is 0.583. The summed E-state index contributed by atoms with van der Waals surface area (Å²) in [6.07, 6.45) is 16.5. The van der Waals surface area contributed by atoms with Crippen LogP contribution in [0.25, 0.3) is 5.57 Å². The van der Waals surface area contributed by atoms with E-state index in [4.69, 9.17) is 0 Å². The zero-order valence-electron chi connectivity index (χ0n) is 16.0. The molecular weight excluding hydrogens is 318 g/mol. The van der Waals surface area contributed by atoms with Gasteiger partial charge in [-0.2, -0.15) is 0 Å². The molecule has 3 fully saturated rings. The fourth-order valence-electron chi connectivity index (χ4n) is 6.98. The molecule has 0 aromatic carbocycles. The van der Waals surface area contributed by atoms with Crippen molar-refractivity contribution in [3.05, 3.63) is 47.8 Å². The summed E-state index contributed by atoms with van der Waals surface area (Å²) in [5.41, 5.74) is 4.96. The Bertz CT molecular complexity index is 807. The highest BCUT2D eigenvalue weighted by atomic mass is 16.1. The molecule has 5 unspecified atom stereocenters. The Hall–Kier alpha value is -1.70. The summed E-state index contributed by atoms with van der Waals surface area (Å²) in [5.74, 6) is 2.60. The van der Waals surface area contributed by atoms with Gasteiger partial charge in [0.2, 0.25) is 0 Å². The van der Waals surface area contributed by atoms with Gasteiger partial charge in [-0.25, -0.2) is 0 Å². The second-order valence-corrected chi connectivity index (χ2v) is 9.55. The number of fused-ring (bicyclic) bond motifs is 5. The molecule has 1 aromatic rings. The summed E-state index contributed by atoms with van der Waals surface area (Å²) in [4.78, 5) is 16.4. The molecule has 1 heterocycles. The summed E-state index contributed by atoms with van der Waals surface area (Å²) in [7, 11) is 0. The van der Waals surface area contributed by atoms with Gasteiger partial charge >= 0.3 is 0 Å². The summed E-state index contributed by atoms with van der Waals surface area (Å²) < 4.78 is 0. The van der Waals surface area contributed by atoms with E-state index in [-0.39, 0.29) is 5.41 Å². The molecule has 4 aliphatic rings. The molecule has 5 atom stereocenters. The van der Waals surface area contributed by atoms with Gasteiger partial charge in [0.05, 0.1) is 0 Å². The highest BCUT2D eigenvalue weighted by molar-refractivity contribution is 5.80. The van der Waals surface area contributed by atoms with Crippen LogP contribution in [0.2, 0.25) is 0 Å². The van der Waals surface area contributed by atoms with Gasteiger partial charge in [-0.15, -0.1) is 0 Å². The Morgan fingerprint density at radius 2 is 2.00 bits per heavy atom. The number of rotatable bonds is 1. The average molecular weight is 348 g/mol. The van der Waals surface area contributed by atoms with E-state index in [2.05, 4.69) is 43.1 Å². The Kier molecular flexibility index (Phi) is 3.58. The minimum Gasteiger partial charge on any atom is -0.300 e. The molecule has 3 saturated carbocycles. The molecular formula is C24H29NO. The molecule has 0 spiro atoms. The Morgan fingerprint density at radius 1 is 1.12 bits per heavy atom. The van der Waals surface area contributed by atoms with E-state index in [1.807, 2.05) is 12.4 Å². The Morgan fingerprint density at radius 3 is 2.81 bits per heavy atom. The first kappa shape index (κ1) is 16.5. The van der Waals surface area contributed by atoms with Crippen molar-refractivity contribution in [1.29, 1.82) is 0 Å². The van der Waals surface area contributed by atoms with E-state index < -0.39 is 0 Å². The average Bonchev–Trinajstić information content (AvgIpc) is 3.00. The first-order valence-corrected chi connectivity index (χ1v) is 10.4. The molecule has 0 amide bonds. The summed E-state index contributed by atoms with van der Waals surface area (Å²) in [6.45, 7) is 4.97. The maximum atomic E-state index is 12.0. The lowest BCUT2D eigenvalue weighted by Crippen LogP contribution is -2.50. The molecule has 2 nitrogen and oxygen atoms in total. The van der Waals surface area contributed by atoms with Gasteiger partial charge in [-0.05, 0) is 72.5 Å². The van der Waals surface area contributed by atoms with Crippen LogP contribution in [-0.4, -0.2) is 10.8 Å². The third-order valence-electron chi connectivity index (χ3n) is 8.50. The van der Waals surface area contributed by atoms with E-state index in [0.717, 1.165) is 25.2 Å². The van der Waals surface area contributed by atoms with Crippen molar-refractivity contribution in [1.82, 2.24) is 4.98 Å². The van der Waals surface area contributed by atoms with Gasteiger partial charge in [0.15, 0.2) is 0 Å². The maximum absolute atomic E-state index is 12.0. The number of carbonyl (C=O) groups is 1. The Balaban J connectivity index is 1.47. The number of hydrogen-bond acceptors (Lipinski definition) is 2. The van der Waals surface area contributed by atoms with E-state index in [1.54, 1.807) is 5.57 Å². The third kappa shape index (κ3) is 2.17. The van der Waals surface area contributed by atoms with E-state index >= 15 is 0 Å². The lowest BCUT2D eigenvalue weighted by molar-refractivity contribution is -0.130. The topological polar surface area (TPSA) is 30.0 Å². The second-order valence-electron chi connectivity index (χ2n) is 9.55. The third-order valence-corrected chi connectivity index (χ3v) is 8.50. The van der Waals surface area contributed by atoms with Crippen molar-refractivity contribution in [2.45, 2.75) is 58.8 Å². The van der Waals surface area contributed by atoms with Crippen LogP contribution < -0.4 is 0 Å². The summed E-state index contributed by atoms with van der Waals surface area (Å²) in [5, 5.41) is 0. The first-order chi connectivity index (χ1) is 12.5. The predicted octanol–water partition coefficient (Wildman–Crippen LogP) is 5.61. The monoisotopic (exact) mass is 347 g/mol.